The molecule has 0 unspecified atom stereocenters. The Labute approximate surface area is 134 Å². The van der Waals surface area contributed by atoms with Crippen LogP contribution >= 0.6 is 27.5 Å². The number of Topliss-reactive ketones (excluding diaryl/α,β-unsaturated/α-hetero) is 1. The van der Waals surface area contributed by atoms with E-state index in [1.165, 1.54) is 4.90 Å². The number of carbonyl (C=O) groups excluding carboxylic acids is 2. The van der Waals surface area contributed by atoms with Gasteiger partial charge in [-0.15, -0.1) is 0 Å². The molecule has 0 aliphatic carbocycles. The van der Waals surface area contributed by atoms with E-state index in [-0.39, 0.29) is 0 Å². The summed E-state index contributed by atoms with van der Waals surface area (Å²) in [4.78, 5) is 29.8. The second-order valence-electron chi connectivity index (χ2n) is 4.83. The Hall–Kier alpha value is -1.72. The first-order chi connectivity index (χ1) is 9.97. The van der Waals surface area contributed by atoms with E-state index in [0.717, 1.165) is 15.6 Å². The highest BCUT2D eigenvalue weighted by Crippen LogP contribution is 2.35. The Bertz CT molecular complexity index is 759. The van der Waals surface area contributed by atoms with Crippen molar-refractivity contribution in [1.82, 2.24) is 4.98 Å². The van der Waals surface area contributed by atoms with E-state index >= 15 is 0 Å². The summed E-state index contributed by atoms with van der Waals surface area (Å²) in [5.74, 6) is -0.988. The summed E-state index contributed by atoms with van der Waals surface area (Å²) in [6.45, 7) is 2.17. The maximum Gasteiger partial charge on any atom is 0.299 e. The highest BCUT2D eigenvalue weighted by Gasteiger charge is 2.37. The molecule has 106 valence electrons. The molecule has 1 aromatic carbocycles. The van der Waals surface area contributed by atoms with Gasteiger partial charge in [0, 0.05) is 10.7 Å². The lowest BCUT2D eigenvalue weighted by atomic mass is 10.1. The van der Waals surface area contributed by atoms with Crippen LogP contribution in [0.15, 0.2) is 34.9 Å². The average molecular weight is 366 g/mol. The minimum Gasteiger partial charge on any atom is -0.300 e. The smallest absolute Gasteiger partial charge is 0.299 e. The van der Waals surface area contributed by atoms with Crippen molar-refractivity contribution in [3.05, 3.63) is 56.8 Å². The molecule has 21 heavy (non-hydrogen) atoms. The zero-order valence-corrected chi connectivity index (χ0v) is 13.4. The van der Waals surface area contributed by atoms with E-state index in [1.54, 1.807) is 24.4 Å². The Kier molecular flexibility index (Phi) is 3.55. The quantitative estimate of drug-likeness (QED) is 0.604. The summed E-state index contributed by atoms with van der Waals surface area (Å²) < 4.78 is 0.787. The minimum atomic E-state index is -0.513. The highest BCUT2D eigenvalue weighted by atomic mass is 79.9. The third-order valence-corrected chi connectivity index (χ3v) is 4.03. The SMILES string of the molecule is Cc1cc(Br)cc2c1N(Cc1ccc(Cl)nc1)C(=O)C2=O. The molecule has 0 radical (unpaired) electrons. The van der Waals surface area contributed by atoms with Crippen LogP contribution in [-0.4, -0.2) is 16.7 Å². The molecule has 0 spiro atoms. The number of aromatic nitrogens is 1. The van der Waals surface area contributed by atoms with Gasteiger partial charge in [-0.05, 0) is 36.2 Å². The van der Waals surface area contributed by atoms with Crippen molar-refractivity contribution in [3.8, 4) is 0 Å². The molecule has 2 heterocycles. The van der Waals surface area contributed by atoms with E-state index < -0.39 is 11.7 Å². The zero-order valence-electron chi connectivity index (χ0n) is 11.1. The molecule has 1 amide bonds. The monoisotopic (exact) mass is 364 g/mol. The molecule has 1 aliphatic rings. The van der Waals surface area contributed by atoms with Crippen LogP contribution < -0.4 is 4.90 Å². The van der Waals surface area contributed by atoms with Crippen molar-refractivity contribution < 1.29 is 9.59 Å². The summed E-state index contributed by atoms with van der Waals surface area (Å²) >= 11 is 9.10. The van der Waals surface area contributed by atoms with Crippen molar-refractivity contribution in [2.24, 2.45) is 0 Å². The normalized spacial score (nSPS) is 13.8. The molecule has 0 saturated carbocycles. The van der Waals surface area contributed by atoms with Crippen LogP contribution in [0.1, 0.15) is 21.5 Å². The van der Waals surface area contributed by atoms with Crippen LogP contribution in [0, 0.1) is 6.92 Å². The number of benzene rings is 1. The van der Waals surface area contributed by atoms with Gasteiger partial charge >= 0.3 is 0 Å². The van der Waals surface area contributed by atoms with Crippen LogP contribution in [0.25, 0.3) is 0 Å². The third-order valence-electron chi connectivity index (χ3n) is 3.35. The van der Waals surface area contributed by atoms with Gasteiger partial charge in [-0.2, -0.15) is 0 Å². The molecular weight excluding hydrogens is 356 g/mol. The molecule has 3 rings (SSSR count). The first kappa shape index (κ1) is 14.2. The lowest BCUT2D eigenvalue weighted by Gasteiger charge is -2.18. The molecule has 4 nitrogen and oxygen atoms in total. The summed E-state index contributed by atoms with van der Waals surface area (Å²) in [5.41, 5.74) is 2.80. The molecule has 1 aliphatic heterocycles. The van der Waals surface area contributed by atoms with Gasteiger partial charge in [0.2, 0.25) is 0 Å². The van der Waals surface area contributed by atoms with E-state index in [0.29, 0.717) is 22.9 Å². The van der Waals surface area contributed by atoms with Gasteiger partial charge in [0.05, 0.1) is 17.8 Å². The lowest BCUT2D eigenvalue weighted by Crippen LogP contribution is -2.29. The van der Waals surface area contributed by atoms with Crippen molar-refractivity contribution in [2.45, 2.75) is 13.5 Å². The molecule has 2 aromatic rings. The number of aryl methyl sites for hydroxylation is 1. The van der Waals surface area contributed by atoms with Crippen LogP contribution in [0.3, 0.4) is 0 Å². The van der Waals surface area contributed by atoms with E-state index in [2.05, 4.69) is 20.9 Å². The van der Waals surface area contributed by atoms with Gasteiger partial charge in [-0.3, -0.25) is 9.59 Å². The molecule has 0 bridgehead atoms. The number of hydrogen-bond donors (Lipinski definition) is 0. The second kappa shape index (κ2) is 5.24. The maximum atomic E-state index is 12.2. The first-order valence-electron chi connectivity index (χ1n) is 6.24. The fourth-order valence-electron chi connectivity index (χ4n) is 2.44. The number of nitrogens with zero attached hydrogens (tertiary/aromatic N) is 2. The number of pyridine rings is 1. The summed E-state index contributed by atoms with van der Waals surface area (Å²) in [6, 6.07) is 7.02. The molecule has 6 heteroatoms. The van der Waals surface area contributed by atoms with Gasteiger partial charge in [0.25, 0.3) is 11.7 Å². The van der Waals surface area contributed by atoms with E-state index in [4.69, 9.17) is 11.6 Å². The van der Waals surface area contributed by atoms with Crippen molar-refractivity contribution in [2.75, 3.05) is 4.90 Å². The number of anilines is 1. The van der Waals surface area contributed by atoms with Gasteiger partial charge in [-0.25, -0.2) is 4.98 Å². The van der Waals surface area contributed by atoms with Crippen LogP contribution in [0.4, 0.5) is 5.69 Å². The largest absolute Gasteiger partial charge is 0.300 e. The topological polar surface area (TPSA) is 50.3 Å². The molecule has 0 N–H and O–H groups in total. The number of carbonyl (C=O) groups is 2. The molecule has 0 saturated heterocycles. The third kappa shape index (κ3) is 2.47. The molecule has 1 aromatic heterocycles. The second-order valence-corrected chi connectivity index (χ2v) is 6.13. The number of hydrogen-bond acceptors (Lipinski definition) is 3. The summed E-state index contributed by atoms with van der Waals surface area (Å²) in [7, 11) is 0. The number of rotatable bonds is 2. The van der Waals surface area contributed by atoms with Crippen molar-refractivity contribution in [3.63, 3.8) is 0 Å². The predicted molar refractivity (Wildman–Crippen MR) is 83.6 cm³/mol. The van der Waals surface area contributed by atoms with Crippen LogP contribution in [0.2, 0.25) is 5.15 Å². The first-order valence-corrected chi connectivity index (χ1v) is 7.41. The van der Waals surface area contributed by atoms with Crippen LogP contribution in [0.5, 0.6) is 0 Å². The fraction of sp³-hybridized carbons (Fsp3) is 0.133. The molecule has 0 atom stereocenters. The van der Waals surface area contributed by atoms with Crippen molar-refractivity contribution in [1.29, 1.82) is 0 Å². The minimum absolute atomic E-state index is 0.296. The maximum absolute atomic E-state index is 12.2. The van der Waals surface area contributed by atoms with E-state index in [1.807, 2.05) is 13.0 Å². The van der Waals surface area contributed by atoms with Gasteiger partial charge < -0.3 is 4.90 Å². The van der Waals surface area contributed by atoms with Crippen LogP contribution in [-0.2, 0) is 11.3 Å². The standard InChI is InChI=1S/C15H10BrClN2O2/c1-8-4-10(16)5-11-13(8)19(15(21)14(11)20)7-9-2-3-12(17)18-6-9/h2-6H,7H2,1H3. The van der Waals surface area contributed by atoms with E-state index in [9.17, 15) is 9.59 Å². The predicted octanol–water partition coefficient (Wildman–Crippen LogP) is 3.54. The van der Waals surface area contributed by atoms with Gasteiger partial charge in [-0.1, -0.05) is 33.6 Å². The fourth-order valence-corrected chi connectivity index (χ4v) is 3.12. The summed E-state index contributed by atoms with van der Waals surface area (Å²) in [6.07, 6.45) is 1.60. The number of ketones is 1. The highest BCUT2D eigenvalue weighted by molar-refractivity contribution is 9.10. The zero-order chi connectivity index (χ0) is 15.1. The number of fused-ring (bicyclic) bond motifs is 1. The Morgan fingerprint density at radius 3 is 2.71 bits per heavy atom. The Morgan fingerprint density at radius 1 is 1.29 bits per heavy atom. The van der Waals surface area contributed by atoms with Crippen molar-refractivity contribution >= 4 is 44.9 Å². The number of amides is 1. The Balaban J connectivity index is 2.03. The summed E-state index contributed by atoms with van der Waals surface area (Å²) in [5, 5.41) is 0.392. The number of halogens is 2. The average Bonchev–Trinajstić information content (AvgIpc) is 2.67. The Morgan fingerprint density at radius 2 is 2.05 bits per heavy atom. The molecule has 0 fully saturated rings. The van der Waals surface area contributed by atoms with Gasteiger partial charge in [0.15, 0.2) is 0 Å². The van der Waals surface area contributed by atoms with Gasteiger partial charge in [0.1, 0.15) is 5.15 Å². The lowest BCUT2D eigenvalue weighted by molar-refractivity contribution is -0.114. The molecular formula is C15H10BrClN2O2.